The summed E-state index contributed by atoms with van der Waals surface area (Å²) in [6, 6.07) is 3.37. The Morgan fingerprint density at radius 3 is 2.32 bits per heavy atom. The van der Waals surface area contributed by atoms with Gasteiger partial charge in [-0.15, -0.1) is 0 Å². The third-order valence-electron chi connectivity index (χ3n) is 4.21. The molecule has 2 rings (SSSR count). The highest BCUT2D eigenvalue weighted by Crippen LogP contribution is 2.18. The predicted octanol–water partition coefficient (Wildman–Crippen LogP) is 1.30. The fourth-order valence-corrected chi connectivity index (χ4v) is 3.68. The molecule has 0 saturated carbocycles. The molecule has 1 fully saturated rings. The predicted molar refractivity (Wildman–Crippen MR) is 93.7 cm³/mol. The maximum atomic E-state index is 13.2. The van der Waals surface area contributed by atoms with E-state index in [1.807, 2.05) is 0 Å². The number of rotatable bonds is 5. The summed E-state index contributed by atoms with van der Waals surface area (Å²) in [5.41, 5.74) is 0.488. The molecule has 0 unspecified atom stereocenters. The number of nitrogens with zero attached hydrogens (tertiary/aromatic N) is 2. The minimum Gasteiger partial charge on any atom is -0.356 e. The molecule has 1 aliphatic heterocycles. The van der Waals surface area contributed by atoms with Gasteiger partial charge in [0.1, 0.15) is 11.6 Å². The maximum absolute atomic E-state index is 13.2. The van der Waals surface area contributed by atoms with Gasteiger partial charge in [0.05, 0.1) is 6.26 Å². The average Bonchev–Trinajstić information content (AvgIpc) is 2.53. The van der Waals surface area contributed by atoms with E-state index in [2.05, 4.69) is 15.6 Å². The molecule has 1 aromatic rings. The van der Waals surface area contributed by atoms with E-state index in [-0.39, 0.29) is 6.54 Å². The summed E-state index contributed by atoms with van der Waals surface area (Å²) in [5, 5.41) is 6.19. The zero-order chi connectivity index (χ0) is 18.4. The summed E-state index contributed by atoms with van der Waals surface area (Å²) in [5.74, 6) is -0.340. The van der Waals surface area contributed by atoms with E-state index in [9.17, 15) is 17.2 Å². The Balaban J connectivity index is 1.77. The summed E-state index contributed by atoms with van der Waals surface area (Å²) in [7, 11) is -1.50. The van der Waals surface area contributed by atoms with Gasteiger partial charge in [0.2, 0.25) is 10.0 Å². The number of guanidine groups is 1. The number of hydrogen-bond acceptors (Lipinski definition) is 3. The van der Waals surface area contributed by atoms with E-state index in [1.165, 1.54) is 22.7 Å². The summed E-state index contributed by atoms with van der Waals surface area (Å²) < 4.78 is 50.9. The number of nitrogens with one attached hydrogen (secondary N) is 2. The van der Waals surface area contributed by atoms with Gasteiger partial charge in [-0.2, -0.15) is 0 Å². The van der Waals surface area contributed by atoms with Crippen molar-refractivity contribution in [1.29, 1.82) is 0 Å². The molecule has 1 saturated heterocycles. The van der Waals surface area contributed by atoms with Crippen molar-refractivity contribution in [3.63, 3.8) is 0 Å². The smallest absolute Gasteiger partial charge is 0.211 e. The molecule has 0 radical (unpaired) electrons. The molecule has 1 aliphatic rings. The first-order valence-corrected chi connectivity index (χ1v) is 9.97. The topological polar surface area (TPSA) is 73.8 Å². The van der Waals surface area contributed by atoms with Crippen LogP contribution in [0.3, 0.4) is 0 Å². The van der Waals surface area contributed by atoms with Crippen molar-refractivity contribution in [1.82, 2.24) is 14.9 Å². The SMILES string of the molecule is CN=C(NCc1cc(F)cc(F)c1)NCC1CCN(S(C)(=O)=O)CC1. The first-order valence-electron chi connectivity index (χ1n) is 8.12. The number of piperidine rings is 1. The molecule has 25 heavy (non-hydrogen) atoms. The van der Waals surface area contributed by atoms with Gasteiger partial charge in [0.15, 0.2) is 5.96 Å². The van der Waals surface area contributed by atoms with Crippen LogP contribution in [0.15, 0.2) is 23.2 Å². The quantitative estimate of drug-likeness (QED) is 0.602. The molecular formula is C16H24F2N4O2S. The number of benzene rings is 1. The first kappa shape index (κ1) is 19.6. The lowest BCUT2D eigenvalue weighted by Crippen LogP contribution is -2.43. The monoisotopic (exact) mass is 374 g/mol. The molecule has 1 aromatic carbocycles. The standard InChI is InChI=1S/C16H24F2N4O2S/c1-19-16(21-11-13-7-14(17)9-15(18)8-13)20-10-12-3-5-22(6-4-12)25(2,23)24/h7-9,12H,3-6,10-11H2,1-2H3,(H2,19,20,21). The molecule has 0 atom stereocenters. The van der Waals surface area contributed by atoms with Crippen LogP contribution in [0.25, 0.3) is 0 Å². The molecule has 0 amide bonds. The summed E-state index contributed by atoms with van der Waals surface area (Å²) in [6.07, 6.45) is 2.80. The fourth-order valence-electron chi connectivity index (χ4n) is 2.81. The van der Waals surface area contributed by atoms with Gasteiger partial charge in [-0.1, -0.05) is 0 Å². The number of sulfonamides is 1. The summed E-state index contributed by atoms with van der Waals surface area (Å²) in [4.78, 5) is 4.09. The normalized spacial score (nSPS) is 17.5. The van der Waals surface area contributed by atoms with Crippen LogP contribution in [0.5, 0.6) is 0 Å². The van der Waals surface area contributed by atoms with Gasteiger partial charge in [-0.3, -0.25) is 4.99 Å². The molecule has 2 N–H and O–H groups in total. The Morgan fingerprint density at radius 1 is 1.20 bits per heavy atom. The van der Waals surface area contributed by atoms with Gasteiger partial charge in [-0.05, 0) is 36.5 Å². The minimum atomic E-state index is -3.12. The van der Waals surface area contributed by atoms with Gasteiger partial charge in [-0.25, -0.2) is 21.5 Å². The van der Waals surface area contributed by atoms with Crippen LogP contribution in [0.1, 0.15) is 18.4 Å². The van der Waals surface area contributed by atoms with Crippen LogP contribution in [0, 0.1) is 17.6 Å². The molecule has 0 aliphatic carbocycles. The highest BCUT2D eigenvalue weighted by Gasteiger charge is 2.24. The van der Waals surface area contributed by atoms with Crippen molar-refractivity contribution in [3.05, 3.63) is 35.4 Å². The molecule has 140 valence electrons. The number of hydrogen-bond donors (Lipinski definition) is 2. The Labute approximate surface area is 147 Å². The van der Waals surface area contributed by atoms with Crippen LogP contribution >= 0.6 is 0 Å². The molecule has 0 bridgehead atoms. The van der Waals surface area contributed by atoms with E-state index >= 15 is 0 Å². The van der Waals surface area contributed by atoms with Gasteiger partial charge in [0, 0.05) is 39.3 Å². The van der Waals surface area contributed by atoms with Crippen molar-refractivity contribution in [2.45, 2.75) is 19.4 Å². The maximum Gasteiger partial charge on any atom is 0.211 e. The van der Waals surface area contributed by atoms with Crippen molar-refractivity contribution < 1.29 is 17.2 Å². The van der Waals surface area contributed by atoms with Gasteiger partial charge < -0.3 is 10.6 Å². The van der Waals surface area contributed by atoms with Crippen LogP contribution in [0.4, 0.5) is 8.78 Å². The minimum absolute atomic E-state index is 0.251. The number of aliphatic imine (C=N–C) groups is 1. The van der Waals surface area contributed by atoms with Crippen molar-refractivity contribution in [2.75, 3.05) is 32.9 Å². The molecular weight excluding hydrogens is 350 g/mol. The lowest BCUT2D eigenvalue weighted by molar-refractivity contribution is 0.275. The second-order valence-corrected chi connectivity index (χ2v) is 8.17. The summed E-state index contributed by atoms with van der Waals surface area (Å²) >= 11 is 0. The van der Waals surface area contributed by atoms with Crippen LogP contribution in [-0.4, -0.2) is 51.6 Å². The molecule has 0 aromatic heterocycles. The van der Waals surface area contributed by atoms with Gasteiger partial charge in [0.25, 0.3) is 0 Å². The lowest BCUT2D eigenvalue weighted by atomic mass is 9.98. The highest BCUT2D eigenvalue weighted by molar-refractivity contribution is 7.88. The summed E-state index contributed by atoms with van der Waals surface area (Å²) in [6.45, 7) is 1.97. The fraction of sp³-hybridized carbons (Fsp3) is 0.562. The third kappa shape index (κ3) is 6.24. The van der Waals surface area contributed by atoms with Gasteiger partial charge >= 0.3 is 0 Å². The Bertz CT molecular complexity index is 697. The highest BCUT2D eigenvalue weighted by atomic mass is 32.2. The molecule has 9 heteroatoms. The third-order valence-corrected chi connectivity index (χ3v) is 5.51. The average molecular weight is 374 g/mol. The Kier molecular flexibility index (Phi) is 6.71. The van der Waals surface area contributed by atoms with Crippen LogP contribution in [-0.2, 0) is 16.6 Å². The molecule has 6 nitrogen and oxygen atoms in total. The van der Waals surface area contributed by atoms with Crippen molar-refractivity contribution in [2.24, 2.45) is 10.9 Å². The van der Waals surface area contributed by atoms with E-state index in [1.54, 1.807) is 7.05 Å². The molecule has 1 heterocycles. The largest absolute Gasteiger partial charge is 0.356 e. The zero-order valence-corrected chi connectivity index (χ0v) is 15.2. The Morgan fingerprint density at radius 2 is 1.80 bits per heavy atom. The molecule has 0 spiro atoms. The lowest BCUT2D eigenvalue weighted by Gasteiger charge is -2.30. The first-order chi connectivity index (χ1) is 11.8. The van der Waals surface area contributed by atoms with Crippen molar-refractivity contribution in [3.8, 4) is 0 Å². The Hall–Kier alpha value is -1.74. The van der Waals surface area contributed by atoms with Crippen molar-refractivity contribution >= 4 is 16.0 Å². The zero-order valence-electron chi connectivity index (χ0n) is 14.4. The second kappa shape index (κ2) is 8.57. The van der Waals surface area contributed by atoms with E-state index in [0.29, 0.717) is 37.1 Å². The number of halogens is 2. The van der Waals surface area contributed by atoms with E-state index in [0.717, 1.165) is 18.9 Å². The second-order valence-electron chi connectivity index (χ2n) is 6.19. The van der Waals surface area contributed by atoms with E-state index in [4.69, 9.17) is 0 Å². The van der Waals surface area contributed by atoms with Crippen LogP contribution in [0.2, 0.25) is 0 Å². The van der Waals surface area contributed by atoms with E-state index < -0.39 is 21.7 Å². The van der Waals surface area contributed by atoms with Crippen LogP contribution < -0.4 is 10.6 Å².